The molecule has 4 saturated carbocycles. The predicted octanol–water partition coefficient (Wildman–Crippen LogP) is 3.61. The number of aryl methyl sites for hydroxylation is 1. The van der Waals surface area contributed by atoms with Gasteiger partial charge in [-0.15, -0.1) is 0 Å². The van der Waals surface area contributed by atoms with Crippen LogP contribution in [0.2, 0.25) is 0 Å². The van der Waals surface area contributed by atoms with Crippen LogP contribution in [-0.4, -0.2) is 35.5 Å². The van der Waals surface area contributed by atoms with Crippen molar-refractivity contribution >= 4 is 11.9 Å². The first-order valence-corrected chi connectivity index (χ1v) is 10.7. The van der Waals surface area contributed by atoms with Gasteiger partial charge in [0.2, 0.25) is 5.91 Å². The number of carbonyl (C=O) groups is 2. The van der Waals surface area contributed by atoms with Crippen LogP contribution in [0.25, 0.3) is 0 Å². The van der Waals surface area contributed by atoms with Crippen LogP contribution in [0.15, 0.2) is 24.3 Å². The van der Waals surface area contributed by atoms with Gasteiger partial charge < -0.3 is 5.32 Å². The maximum absolute atomic E-state index is 12.6. The molecule has 4 aliphatic rings. The average molecular weight is 384 g/mol. The number of nitrogens with one attached hydrogen (secondary N) is 2. The molecule has 4 fully saturated rings. The lowest BCUT2D eigenvalue weighted by Crippen LogP contribution is -2.62. The fourth-order valence-corrected chi connectivity index (χ4v) is 6.07. The van der Waals surface area contributed by atoms with Gasteiger partial charge in [0.15, 0.2) is 0 Å². The summed E-state index contributed by atoms with van der Waals surface area (Å²) < 4.78 is 0. The molecule has 152 valence electrons. The van der Waals surface area contributed by atoms with Crippen molar-refractivity contribution < 1.29 is 9.59 Å². The van der Waals surface area contributed by atoms with Crippen LogP contribution < -0.4 is 10.6 Å². The number of carbonyl (C=O) groups excluding carboxylic acids is 2. The van der Waals surface area contributed by atoms with Gasteiger partial charge in [-0.2, -0.15) is 0 Å². The van der Waals surface area contributed by atoms with E-state index in [-0.39, 0.29) is 23.5 Å². The average Bonchev–Trinajstić information content (AvgIpc) is 2.61. The standard InChI is InChI=1S/C23H33N3O2/c1-15-4-6-17(7-5-15)14-26(3)16(2)21(27)24-22(28)25-23-11-18-8-19(12-23)10-20(9-18)13-23/h4-7,16,18-20H,8-14H2,1-3H3,(H2,24,25,27,28)/t16-,18?,19?,20?,23?/m0/s1. The third kappa shape index (κ3) is 4.09. The molecule has 0 aromatic heterocycles. The summed E-state index contributed by atoms with van der Waals surface area (Å²) in [6.07, 6.45) is 7.27. The number of benzene rings is 1. The molecule has 2 N–H and O–H groups in total. The second-order valence-corrected chi connectivity index (χ2v) is 9.72. The summed E-state index contributed by atoms with van der Waals surface area (Å²) in [5, 5.41) is 5.82. The molecule has 0 saturated heterocycles. The van der Waals surface area contributed by atoms with E-state index in [0.29, 0.717) is 6.54 Å². The number of nitrogens with zero attached hydrogens (tertiary/aromatic N) is 1. The summed E-state index contributed by atoms with van der Waals surface area (Å²) in [5.41, 5.74) is 2.31. The number of hydrogen-bond acceptors (Lipinski definition) is 3. The minimum atomic E-state index is -0.372. The van der Waals surface area contributed by atoms with Gasteiger partial charge in [0, 0.05) is 12.1 Å². The molecule has 1 aromatic carbocycles. The van der Waals surface area contributed by atoms with Crippen molar-refractivity contribution in [1.29, 1.82) is 0 Å². The first-order chi connectivity index (χ1) is 13.3. The lowest BCUT2D eigenvalue weighted by molar-refractivity contribution is -0.124. The van der Waals surface area contributed by atoms with E-state index in [9.17, 15) is 9.59 Å². The van der Waals surface area contributed by atoms with Crippen LogP contribution in [0.3, 0.4) is 0 Å². The lowest BCUT2D eigenvalue weighted by atomic mass is 9.53. The third-order valence-electron chi connectivity index (χ3n) is 7.25. The molecule has 0 aliphatic heterocycles. The maximum atomic E-state index is 12.6. The molecule has 1 atom stereocenters. The van der Waals surface area contributed by atoms with Crippen LogP contribution >= 0.6 is 0 Å². The Morgan fingerprint density at radius 1 is 1.07 bits per heavy atom. The molecular weight excluding hydrogens is 350 g/mol. The second-order valence-electron chi connectivity index (χ2n) is 9.72. The Morgan fingerprint density at radius 3 is 2.14 bits per heavy atom. The van der Waals surface area contributed by atoms with Gasteiger partial charge in [0.1, 0.15) is 0 Å². The lowest BCUT2D eigenvalue weighted by Gasteiger charge is -2.56. The van der Waals surface area contributed by atoms with Gasteiger partial charge in [0.25, 0.3) is 0 Å². The molecule has 5 heteroatoms. The van der Waals surface area contributed by atoms with E-state index >= 15 is 0 Å². The summed E-state index contributed by atoms with van der Waals surface area (Å²) in [6.45, 7) is 4.58. The molecule has 0 heterocycles. The molecule has 0 spiro atoms. The highest BCUT2D eigenvalue weighted by Gasteiger charge is 2.51. The number of amides is 3. The first kappa shape index (κ1) is 19.4. The first-order valence-electron chi connectivity index (χ1n) is 10.7. The Bertz CT molecular complexity index is 707. The predicted molar refractivity (Wildman–Crippen MR) is 110 cm³/mol. The molecule has 4 aliphatic carbocycles. The van der Waals surface area contributed by atoms with E-state index in [1.807, 2.05) is 18.9 Å². The Morgan fingerprint density at radius 2 is 1.61 bits per heavy atom. The normalized spacial score (nSPS) is 31.6. The zero-order valence-electron chi connectivity index (χ0n) is 17.3. The number of hydrogen-bond donors (Lipinski definition) is 2. The molecule has 0 radical (unpaired) electrons. The van der Waals surface area contributed by atoms with Crippen LogP contribution in [0.1, 0.15) is 56.6 Å². The van der Waals surface area contributed by atoms with E-state index in [4.69, 9.17) is 0 Å². The van der Waals surface area contributed by atoms with Gasteiger partial charge in [0.05, 0.1) is 6.04 Å². The highest BCUT2D eigenvalue weighted by atomic mass is 16.2. The summed E-state index contributed by atoms with van der Waals surface area (Å²) in [7, 11) is 1.92. The quantitative estimate of drug-likeness (QED) is 0.816. The largest absolute Gasteiger partial charge is 0.332 e. The minimum absolute atomic E-state index is 0.0733. The summed E-state index contributed by atoms with van der Waals surface area (Å²) >= 11 is 0. The monoisotopic (exact) mass is 383 g/mol. The van der Waals surface area contributed by atoms with Crippen molar-refractivity contribution in [2.75, 3.05) is 7.05 Å². The molecule has 1 aromatic rings. The molecule has 0 unspecified atom stereocenters. The number of imide groups is 1. The Hall–Kier alpha value is -1.88. The topological polar surface area (TPSA) is 61.4 Å². The van der Waals surface area contributed by atoms with Crippen molar-refractivity contribution in [2.24, 2.45) is 17.8 Å². The molecule has 4 bridgehead atoms. The zero-order valence-corrected chi connectivity index (χ0v) is 17.3. The molecular formula is C23H33N3O2. The van der Waals surface area contributed by atoms with E-state index in [0.717, 1.165) is 42.6 Å². The van der Waals surface area contributed by atoms with Crippen molar-refractivity contribution in [3.8, 4) is 0 Å². The molecule has 5 rings (SSSR count). The molecule has 5 nitrogen and oxygen atoms in total. The van der Waals surface area contributed by atoms with Crippen molar-refractivity contribution in [3.63, 3.8) is 0 Å². The van der Waals surface area contributed by atoms with Gasteiger partial charge >= 0.3 is 6.03 Å². The Balaban J connectivity index is 1.30. The van der Waals surface area contributed by atoms with Crippen molar-refractivity contribution in [3.05, 3.63) is 35.4 Å². The maximum Gasteiger partial charge on any atom is 0.321 e. The third-order valence-corrected chi connectivity index (χ3v) is 7.25. The fourth-order valence-electron chi connectivity index (χ4n) is 6.07. The SMILES string of the molecule is Cc1ccc(CN(C)[C@@H](C)C(=O)NC(=O)NC23CC4CC(CC(C4)C2)C3)cc1. The van der Waals surface area contributed by atoms with E-state index in [1.165, 1.54) is 24.8 Å². The van der Waals surface area contributed by atoms with Crippen molar-refractivity contribution in [1.82, 2.24) is 15.5 Å². The minimum Gasteiger partial charge on any atom is -0.332 e. The van der Waals surface area contributed by atoms with Crippen molar-refractivity contribution in [2.45, 2.75) is 70.5 Å². The Labute approximate surface area is 168 Å². The number of urea groups is 1. The van der Waals surface area contributed by atoms with Gasteiger partial charge in [-0.3, -0.25) is 15.0 Å². The summed E-state index contributed by atoms with van der Waals surface area (Å²) in [5.74, 6) is 2.06. The smallest absolute Gasteiger partial charge is 0.321 e. The molecule has 28 heavy (non-hydrogen) atoms. The molecule has 3 amide bonds. The number of rotatable bonds is 5. The van der Waals surface area contributed by atoms with E-state index in [2.05, 4.69) is 41.8 Å². The van der Waals surface area contributed by atoms with Gasteiger partial charge in [-0.1, -0.05) is 29.8 Å². The highest BCUT2D eigenvalue weighted by molar-refractivity contribution is 5.97. The van der Waals surface area contributed by atoms with Crippen LogP contribution in [0, 0.1) is 24.7 Å². The Kier molecular flexibility index (Phi) is 5.21. The van der Waals surface area contributed by atoms with Gasteiger partial charge in [-0.05, 0) is 82.7 Å². The fraction of sp³-hybridized carbons (Fsp3) is 0.652. The summed E-state index contributed by atoms with van der Waals surface area (Å²) in [4.78, 5) is 27.2. The van der Waals surface area contributed by atoms with Gasteiger partial charge in [-0.25, -0.2) is 4.79 Å². The summed E-state index contributed by atoms with van der Waals surface area (Å²) in [6, 6.07) is 7.62. The van der Waals surface area contributed by atoms with Crippen LogP contribution in [0.4, 0.5) is 4.79 Å². The van der Waals surface area contributed by atoms with E-state index in [1.54, 1.807) is 0 Å². The zero-order chi connectivity index (χ0) is 19.9. The number of likely N-dealkylation sites (N-methyl/N-ethyl adjacent to an activating group) is 1. The second kappa shape index (κ2) is 7.51. The van der Waals surface area contributed by atoms with Crippen LogP contribution in [-0.2, 0) is 11.3 Å². The van der Waals surface area contributed by atoms with Crippen LogP contribution in [0.5, 0.6) is 0 Å². The van der Waals surface area contributed by atoms with E-state index < -0.39 is 0 Å². The highest BCUT2D eigenvalue weighted by Crippen LogP contribution is 2.55.